The molecule has 2 aliphatic rings. The number of carbonyl (C=O) groups is 1. The largest absolute Gasteiger partial charge is 0.353 e. The van der Waals surface area contributed by atoms with Crippen LogP contribution in [0, 0.1) is 0 Å². The summed E-state index contributed by atoms with van der Waals surface area (Å²) in [4.78, 5) is 28.3. The Kier molecular flexibility index (Phi) is 5.06. The Morgan fingerprint density at radius 3 is 2.46 bits per heavy atom. The number of carbonyl (C=O) groups excluding carboxylic acids is 1. The van der Waals surface area contributed by atoms with Crippen LogP contribution in [0.1, 0.15) is 23.2 Å². The van der Waals surface area contributed by atoms with E-state index in [2.05, 4.69) is 30.7 Å². The number of amides is 1. The van der Waals surface area contributed by atoms with E-state index in [1.807, 2.05) is 41.4 Å². The fourth-order valence-corrected chi connectivity index (χ4v) is 3.93. The van der Waals surface area contributed by atoms with Crippen molar-refractivity contribution in [2.45, 2.75) is 12.8 Å². The summed E-state index contributed by atoms with van der Waals surface area (Å²) in [5, 5.41) is 0. The van der Waals surface area contributed by atoms with Crippen LogP contribution in [-0.4, -0.2) is 60.0 Å². The molecule has 2 saturated heterocycles. The van der Waals surface area contributed by atoms with Crippen molar-refractivity contribution in [3.8, 4) is 0 Å². The highest BCUT2D eigenvalue weighted by Gasteiger charge is 2.24. The summed E-state index contributed by atoms with van der Waals surface area (Å²) in [6.45, 7) is 5.06. The highest BCUT2D eigenvalue weighted by Crippen LogP contribution is 2.21. The third-order valence-corrected chi connectivity index (χ3v) is 5.47. The van der Waals surface area contributed by atoms with E-state index in [1.165, 1.54) is 12.8 Å². The van der Waals surface area contributed by atoms with Crippen LogP contribution in [0.4, 0.5) is 11.8 Å². The van der Waals surface area contributed by atoms with Gasteiger partial charge in [-0.3, -0.25) is 4.79 Å². The quantitative estimate of drug-likeness (QED) is 0.771. The minimum absolute atomic E-state index is 0.0893. The van der Waals surface area contributed by atoms with Crippen molar-refractivity contribution >= 4 is 33.6 Å². The zero-order chi connectivity index (χ0) is 17.9. The topological polar surface area (TPSA) is 52.6 Å². The maximum atomic E-state index is 12.7. The molecule has 2 fully saturated rings. The summed E-state index contributed by atoms with van der Waals surface area (Å²) >= 11 is 3.43. The molecule has 26 heavy (non-hydrogen) atoms. The number of halogens is 1. The second-order valence-corrected chi connectivity index (χ2v) is 7.61. The molecule has 1 aromatic heterocycles. The first-order valence-electron chi connectivity index (χ1n) is 9.08. The molecule has 4 rings (SSSR count). The Morgan fingerprint density at radius 1 is 0.962 bits per heavy atom. The Bertz CT molecular complexity index is 785. The van der Waals surface area contributed by atoms with E-state index in [9.17, 15) is 4.79 Å². The van der Waals surface area contributed by atoms with Crippen molar-refractivity contribution in [3.05, 3.63) is 46.6 Å². The van der Waals surface area contributed by atoms with Crippen LogP contribution in [-0.2, 0) is 0 Å². The van der Waals surface area contributed by atoms with Crippen molar-refractivity contribution < 1.29 is 4.79 Å². The van der Waals surface area contributed by atoms with Gasteiger partial charge in [0.05, 0.1) is 0 Å². The van der Waals surface area contributed by atoms with Crippen LogP contribution < -0.4 is 9.80 Å². The predicted molar refractivity (Wildman–Crippen MR) is 106 cm³/mol. The molecule has 0 atom stereocenters. The van der Waals surface area contributed by atoms with E-state index in [1.54, 1.807) is 0 Å². The van der Waals surface area contributed by atoms with Crippen LogP contribution in [0.2, 0.25) is 0 Å². The number of rotatable bonds is 3. The lowest BCUT2D eigenvalue weighted by Gasteiger charge is -2.35. The fraction of sp³-hybridized carbons (Fsp3) is 0.421. The SMILES string of the molecule is O=C(c1cccc(Br)c1)N1CCN(c2ccnc(N3CCCC3)n2)CC1. The molecule has 2 aromatic rings. The van der Waals surface area contributed by atoms with Crippen LogP contribution in [0.3, 0.4) is 0 Å². The summed E-state index contributed by atoms with van der Waals surface area (Å²) in [5.74, 6) is 1.87. The smallest absolute Gasteiger partial charge is 0.254 e. The number of benzene rings is 1. The zero-order valence-corrected chi connectivity index (χ0v) is 16.2. The molecular formula is C19H22BrN5O. The fourth-order valence-electron chi connectivity index (χ4n) is 3.53. The van der Waals surface area contributed by atoms with Gasteiger partial charge < -0.3 is 14.7 Å². The first-order chi connectivity index (χ1) is 12.7. The molecule has 136 valence electrons. The van der Waals surface area contributed by atoms with Crippen LogP contribution in [0.5, 0.6) is 0 Å². The first-order valence-corrected chi connectivity index (χ1v) is 9.88. The average Bonchev–Trinajstić information content (AvgIpc) is 3.23. The van der Waals surface area contributed by atoms with E-state index >= 15 is 0 Å². The Balaban J connectivity index is 1.40. The zero-order valence-electron chi connectivity index (χ0n) is 14.6. The van der Waals surface area contributed by atoms with Gasteiger partial charge in [-0.15, -0.1) is 0 Å². The summed E-state index contributed by atoms with van der Waals surface area (Å²) in [5.41, 5.74) is 0.728. The molecule has 0 spiro atoms. The number of piperazine rings is 1. The standard InChI is InChI=1S/C19H22BrN5O/c20-16-5-3-4-15(14-16)18(26)24-12-10-23(11-13-24)17-6-7-21-19(22-17)25-8-1-2-9-25/h3-7,14H,1-2,8-13H2. The van der Waals surface area contributed by atoms with Crippen molar-refractivity contribution in [2.75, 3.05) is 49.1 Å². The Morgan fingerprint density at radius 2 is 1.73 bits per heavy atom. The van der Waals surface area contributed by atoms with Gasteiger partial charge in [-0.2, -0.15) is 4.98 Å². The predicted octanol–water partition coefficient (Wildman–Crippen LogP) is 2.80. The number of anilines is 2. The summed E-state index contributed by atoms with van der Waals surface area (Å²) in [6, 6.07) is 9.54. The third-order valence-electron chi connectivity index (χ3n) is 4.98. The van der Waals surface area contributed by atoms with Gasteiger partial charge in [0.2, 0.25) is 5.95 Å². The van der Waals surface area contributed by atoms with Crippen LogP contribution in [0.25, 0.3) is 0 Å². The number of aromatic nitrogens is 2. The van der Waals surface area contributed by atoms with Crippen molar-refractivity contribution in [1.29, 1.82) is 0 Å². The molecule has 0 radical (unpaired) electrons. The first kappa shape index (κ1) is 17.3. The Hall–Kier alpha value is -2.15. The number of nitrogens with zero attached hydrogens (tertiary/aromatic N) is 5. The minimum Gasteiger partial charge on any atom is -0.353 e. The summed E-state index contributed by atoms with van der Waals surface area (Å²) < 4.78 is 0.928. The van der Waals surface area contributed by atoms with Gasteiger partial charge in [-0.05, 0) is 37.1 Å². The molecule has 0 N–H and O–H groups in total. The van der Waals surface area contributed by atoms with Crippen LogP contribution in [0.15, 0.2) is 41.0 Å². The molecule has 7 heteroatoms. The van der Waals surface area contributed by atoms with Gasteiger partial charge >= 0.3 is 0 Å². The van der Waals surface area contributed by atoms with E-state index < -0.39 is 0 Å². The second-order valence-electron chi connectivity index (χ2n) is 6.70. The maximum absolute atomic E-state index is 12.7. The maximum Gasteiger partial charge on any atom is 0.254 e. The van der Waals surface area contributed by atoms with Gasteiger partial charge in [-0.1, -0.05) is 22.0 Å². The van der Waals surface area contributed by atoms with E-state index in [4.69, 9.17) is 4.98 Å². The number of hydrogen-bond donors (Lipinski definition) is 0. The lowest BCUT2D eigenvalue weighted by molar-refractivity contribution is 0.0746. The third kappa shape index (κ3) is 3.67. The van der Waals surface area contributed by atoms with Gasteiger partial charge in [0.1, 0.15) is 5.82 Å². The van der Waals surface area contributed by atoms with E-state index in [0.717, 1.165) is 48.0 Å². The van der Waals surface area contributed by atoms with Gasteiger partial charge in [0, 0.05) is 55.5 Å². The average molecular weight is 416 g/mol. The monoisotopic (exact) mass is 415 g/mol. The Labute approximate surface area is 162 Å². The molecule has 2 aliphatic heterocycles. The molecule has 3 heterocycles. The van der Waals surface area contributed by atoms with Gasteiger partial charge in [0.15, 0.2) is 0 Å². The highest BCUT2D eigenvalue weighted by molar-refractivity contribution is 9.10. The molecule has 6 nitrogen and oxygen atoms in total. The lowest BCUT2D eigenvalue weighted by atomic mass is 10.2. The van der Waals surface area contributed by atoms with Gasteiger partial charge in [-0.25, -0.2) is 4.98 Å². The summed E-state index contributed by atoms with van der Waals surface area (Å²) in [7, 11) is 0. The van der Waals surface area contributed by atoms with E-state index in [0.29, 0.717) is 13.1 Å². The van der Waals surface area contributed by atoms with Crippen molar-refractivity contribution in [1.82, 2.24) is 14.9 Å². The van der Waals surface area contributed by atoms with Crippen molar-refractivity contribution in [3.63, 3.8) is 0 Å². The molecule has 1 amide bonds. The molecular weight excluding hydrogens is 394 g/mol. The van der Waals surface area contributed by atoms with Crippen molar-refractivity contribution in [2.24, 2.45) is 0 Å². The summed E-state index contributed by atoms with van der Waals surface area (Å²) in [6.07, 6.45) is 4.27. The minimum atomic E-state index is 0.0893. The van der Waals surface area contributed by atoms with Gasteiger partial charge in [0.25, 0.3) is 5.91 Å². The lowest BCUT2D eigenvalue weighted by Crippen LogP contribution is -2.49. The molecule has 0 saturated carbocycles. The van der Waals surface area contributed by atoms with Crippen LogP contribution >= 0.6 is 15.9 Å². The number of hydrogen-bond acceptors (Lipinski definition) is 5. The molecule has 0 bridgehead atoms. The van der Waals surface area contributed by atoms with E-state index in [-0.39, 0.29) is 5.91 Å². The molecule has 0 unspecified atom stereocenters. The molecule has 0 aliphatic carbocycles. The normalized spacial score (nSPS) is 17.7. The molecule has 1 aromatic carbocycles. The highest BCUT2D eigenvalue weighted by atomic mass is 79.9. The second kappa shape index (κ2) is 7.61.